The number of aliphatic hydroxyl groups excluding tert-OH is 1. The zero-order valence-electron chi connectivity index (χ0n) is 19.9. The van der Waals surface area contributed by atoms with Gasteiger partial charge in [-0.05, 0) is 71.6 Å². The van der Waals surface area contributed by atoms with E-state index in [4.69, 9.17) is 9.47 Å². The monoisotopic (exact) mass is 458 g/mol. The van der Waals surface area contributed by atoms with Gasteiger partial charge in [0.1, 0.15) is 18.2 Å². The van der Waals surface area contributed by atoms with E-state index >= 15 is 0 Å². The number of esters is 1. The maximum atomic E-state index is 13.2. The number of aliphatic hydroxyl groups is 1. The molecule has 0 fully saturated rings. The zero-order valence-corrected chi connectivity index (χ0v) is 19.9. The number of ether oxygens (including phenoxy) is 2. The van der Waals surface area contributed by atoms with E-state index in [0.29, 0.717) is 24.2 Å². The van der Waals surface area contributed by atoms with Crippen molar-refractivity contribution in [2.24, 2.45) is 11.3 Å². The number of ketones is 1. The van der Waals surface area contributed by atoms with Crippen LogP contribution >= 0.6 is 0 Å². The van der Waals surface area contributed by atoms with E-state index in [1.807, 2.05) is 45.9 Å². The number of hydrogen-bond donors (Lipinski definition) is 1. The van der Waals surface area contributed by atoms with Crippen LogP contribution in [0.4, 0.5) is 4.39 Å². The molecule has 0 aliphatic heterocycles. The van der Waals surface area contributed by atoms with Crippen LogP contribution in [-0.4, -0.2) is 35.7 Å². The molecule has 33 heavy (non-hydrogen) atoms. The van der Waals surface area contributed by atoms with Gasteiger partial charge in [0, 0.05) is 17.6 Å². The zero-order chi connectivity index (χ0) is 24.4. The second kappa shape index (κ2) is 12.5. The number of carbonyl (C=O) groups excluding carboxylic acids is 2. The molecule has 0 radical (unpaired) electrons. The molecule has 1 aliphatic rings. The van der Waals surface area contributed by atoms with Gasteiger partial charge in [0.25, 0.3) is 0 Å². The van der Waals surface area contributed by atoms with Gasteiger partial charge in [0.05, 0.1) is 17.6 Å². The Bertz CT molecular complexity index is 898. The van der Waals surface area contributed by atoms with Crippen molar-refractivity contribution in [2.75, 3.05) is 6.61 Å². The molecule has 0 saturated heterocycles. The number of hydrogen-bond acceptors (Lipinski definition) is 5. The highest BCUT2D eigenvalue weighted by atomic mass is 19.1. The van der Waals surface area contributed by atoms with Gasteiger partial charge in [-0.15, -0.1) is 0 Å². The molecule has 1 aromatic rings. The first-order valence-electron chi connectivity index (χ1n) is 11.4. The van der Waals surface area contributed by atoms with E-state index in [1.165, 1.54) is 18.2 Å². The Hall–Kier alpha value is -2.73. The van der Waals surface area contributed by atoms with Crippen LogP contribution in [0.5, 0.6) is 5.75 Å². The molecule has 2 rings (SSSR count). The Morgan fingerprint density at radius 3 is 2.73 bits per heavy atom. The van der Waals surface area contributed by atoms with Crippen LogP contribution in [0.2, 0.25) is 0 Å². The lowest BCUT2D eigenvalue weighted by atomic mass is 9.87. The highest BCUT2D eigenvalue weighted by Gasteiger charge is 2.29. The van der Waals surface area contributed by atoms with E-state index in [1.54, 1.807) is 18.2 Å². The molecule has 180 valence electrons. The summed E-state index contributed by atoms with van der Waals surface area (Å²) in [5.41, 5.74) is 0.109. The van der Waals surface area contributed by atoms with Crippen LogP contribution in [0.15, 0.2) is 60.2 Å². The van der Waals surface area contributed by atoms with Gasteiger partial charge in [-0.2, -0.15) is 0 Å². The van der Waals surface area contributed by atoms with Crippen molar-refractivity contribution in [2.45, 2.75) is 65.6 Å². The number of halogens is 1. The molecule has 0 amide bonds. The van der Waals surface area contributed by atoms with Crippen LogP contribution in [-0.2, 0) is 14.3 Å². The summed E-state index contributed by atoms with van der Waals surface area (Å²) in [5, 5.41) is 10.2. The Labute approximate surface area is 196 Å². The molecule has 0 unspecified atom stereocenters. The summed E-state index contributed by atoms with van der Waals surface area (Å²) in [6.07, 6.45) is 10.7. The molecule has 1 N–H and O–H groups in total. The van der Waals surface area contributed by atoms with Crippen molar-refractivity contribution in [1.29, 1.82) is 0 Å². The van der Waals surface area contributed by atoms with Crippen LogP contribution in [0, 0.1) is 17.2 Å². The Kier molecular flexibility index (Phi) is 10.0. The maximum Gasteiger partial charge on any atom is 0.311 e. The highest BCUT2D eigenvalue weighted by molar-refractivity contribution is 6.07. The molecule has 0 bridgehead atoms. The van der Waals surface area contributed by atoms with Crippen LogP contribution in [0.1, 0.15) is 53.4 Å². The number of benzene rings is 1. The third-order valence-electron chi connectivity index (χ3n) is 5.40. The second-order valence-corrected chi connectivity index (χ2v) is 9.23. The van der Waals surface area contributed by atoms with Gasteiger partial charge in [0.15, 0.2) is 5.78 Å². The SMILES string of the molecule is CC(C)OC(=O)C(C)(C)CC/C=C\C[C@H]1C=CC(=O)/C1=C/C[C@@H](O)COc1cccc(F)c1. The average Bonchev–Trinajstić information content (AvgIpc) is 3.09. The summed E-state index contributed by atoms with van der Waals surface area (Å²) < 4.78 is 23.9. The Balaban J connectivity index is 1.80. The van der Waals surface area contributed by atoms with E-state index < -0.39 is 17.3 Å². The van der Waals surface area contributed by atoms with Gasteiger partial charge >= 0.3 is 5.97 Å². The summed E-state index contributed by atoms with van der Waals surface area (Å²) in [5.74, 6) is -0.334. The fourth-order valence-corrected chi connectivity index (χ4v) is 3.40. The van der Waals surface area contributed by atoms with Crippen molar-refractivity contribution in [1.82, 2.24) is 0 Å². The minimum absolute atomic E-state index is 0.00838. The molecular formula is C27H35FO5. The van der Waals surface area contributed by atoms with Gasteiger partial charge < -0.3 is 14.6 Å². The van der Waals surface area contributed by atoms with Gasteiger partial charge in [-0.25, -0.2) is 4.39 Å². The molecule has 0 heterocycles. The molecule has 6 heteroatoms. The topological polar surface area (TPSA) is 72.8 Å². The maximum absolute atomic E-state index is 13.2. The molecule has 2 atom stereocenters. The predicted molar refractivity (Wildman–Crippen MR) is 126 cm³/mol. The lowest BCUT2D eigenvalue weighted by molar-refractivity contribution is -0.158. The molecule has 1 aromatic carbocycles. The number of rotatable bonds is 12. The molecule has 0 spiro atoms. The first kappa shape index (κ1) is 26.5. The smallest absolute Gasteiger partial charge is 0.311 e. The minimum atomic E-state index is -0.807. The summed E-state index contributed by atoms with van der Waals surface area (Å²) in [6.45, 7) is 7.45. The van der Waals surface area contributed by atoms with Crippen LogP contribution in [0.25, 0.3) is 0 Å². The summed E-state index contributed by atoms with van der Waals surface area (Å²) in [7, 11) is 0. The molecule has 1 aliphatic carbocycles. The van der Waals surface area contributed by atoms with Crippen LogP contribution in [0.3, 0.4) is 0 Å². The quantitative estimate of drug-likeness (QED) is 0.260. The van der Waals surface area contributed by atoms with Crippen molar-refractivity contribution in [3.05, 3.63) is 66.0 Å². The second-order valence-electron chi connectivity index (χ2n) is 9.23. The first-order chi connectivity index (χ1) is 15.6. The molecule has 0 aromatic heterocycles. The largest absolute Gasteiger partial charge is 0.491 e. The lowest BCUT2D eigenvalue weighted by Crippen LogP contribution is -2.28. The van der Waals surface area contributed by atoms with E-state index in [-0.39, 0.29) is 36.8 Å². The summed E-state index contributed by atoms with van der Waals surface area (Å²) in [6, 6.07) is 5.74. The summed E-state index contributed by atoms with van der Waals surface area (Å²) >= 11 is 0. The fourth-order valence-electron chi connectivity index (χ4n) is 3.40. The van der Waals surface area contributed by atoms with Gasteiger partial charge in [-0.1, -0.05) is 30.4 Å². The predicted octanol–water partition coefficient (Wildman–Crippen LogP) is 5.34. The summed E-state index contributed by atoms with van der Waals surface area (Å²) in [4.78, 5) is 24.4. The van der Waals surface area contributed by atoms with Crippen LogP contribution < -0.4 is 4.74 Å². The average molecular weight is 459 g/mol. The van der Waals surface area contributed by atoms with Crippen molar-refractivity contribution < 1.29 is 28.6 Å². The minimum Gasteiger partial charge on any atom is -0.491 e. The number of carbonyl (C=O) groups is 2. The van der Waals surface area contributed by atoms with E-state index in [9.17, 15) is 19.1 Å². The molecule has 0 saturated carbocycles. The Morgan fingerprint density at radius 1 is 1.27 bits per heavy atom. The van der Waals surface area contributed by atoms with E-state index in [2.05, 4.69) is 0 Å². The lowest BCUT2D eigenvalue weighted by Gasteiger charge is -2.23. The van der Waals surface area contributed by atoms with Crippen molar-refractivity contribution in [3.8, 4) is 5.75 Å². The highest BCUT2D eigenvalue weighted by Crippen LogP contribution is 2.28. The standard InChI is InChI=1S/C27H35FO5/c1-19(2)33-26(31)27(3,4)16-7-5-6-9-20-12-15-25(30)24(20)14-13-22(29)18-32-23-11-8-10-21(28)17-23/h5-6,8,10-12,14-15,17,19-20,22,29H,7,9,13,16,18H2,1-4H3/b6-5-,24-14+/t20-,22+/m0/s1. The van der Waals surface area contributed by atoms with E-state index in [0.717, 1.165) is 6.42 Å². The van der Waals surface area contributed by atoms with Gasteiger partial charge in [-0.3, -0.25) is 9.59 Å². The van der Waals surface area contributed by atoms with Crippen molar-refractivity contribution >= 4 is 11.8 Å². The third-order valence-corrected chi connectivity index (χ3v) is 5.40. The van der Waals surface area contributed by atoms with Gasteiger partial charge in [0.2, 0.25) is 0 Å². The normalized spacial score (nSPS) is 18.5. The number of allylic oxidation sites excluding steroid dienone is 5. The first-order valence-corrected chi connectivity index (χ1v) is 11.4. The van der Waals surface area contributed by atoms with Crippen molar-refractivity contribution in [3.63, 3.8) is 0 Å². The fraction of sp³-hybridized carbons (Fsp3) is 0.481. The molecular weight excluding hydrogens is 423 g/mol. The Morgan fingerprint density at radius 2 is 2.03 bits per heavy atom. The third kappa shape index (κ3) is 8.97. The molecule has 5 nitrogen and oxygen atoms in total.